The summed E-state index contributed by atoms with van der Waals surface area (Å²) < 4.78 is 0.923. The highest BCUT2D eigenvalue weighted by molar-refractivity contribution is 9.10. The number of nitrogens with two attached hydrogens (primary N) is 1. The number of halogens is 1. The topological polar surface area (TPSA) is 62.7 Å². The molecule has 0 saturated heterocycles. The van der Waals surface area contributed by atoms with Crippen molar-refractivity contribution >= 4 is 27.2 Å². The zero-order valence-electron chi connectivity index (χ0n) is 9.47. The molecule has 1 heterocycles. The molecule has 0 spiro atoms. The number of hydrogen-bond acceptors (Lipinski definition) is 3. The number of benzene rings is 1. The summed E-state index contributed by atoms with van der Waals surface area (Å²) >= 11 is 3.38. The number of nitriles is 1. The maximum Gasteiger partial charge on any atom is 0.102 e. The molecule has 0 aliphatic carbocycles. The molecule has 0 radical (unpaired) electrons. The molecular weight excluding hydrogens is 290 g/mol. The lowest BCUT2D eigenvalue weighted by Crippen LogP contribution is -2.00. The van der Waals surface area contributed by atoms with E-state index in [9.17, 15) is 5.26 Å². The summed E-state index contributed by atoms with van der Waals surface area (Å²) in [5, 5.41) is 9.25. The highest BCUT2D eigenvalue weighted by Crippen LogP contribution is 2.23. The lowest BCUT2D eigenvalue weighted by molar-refractivity contribution is 1.31. The molecular formula is C14H10BrN3. The Bertz CT molecular complexity index is 627. The molecule has 1 aromatic heterocycles. The number of allylic oxidation sites excluding steroid dienone is 1. The molecule has 0 aliphatic heterocycles. The first-order valence-electron chi connectivity index (χ1n) is 5.28. The van der Waals surface area contributed by atoms with Gasteiger partial charge in [-0.05, 0) is 23.8 Å². The van der Waals surface area contributed by atoms with Crippen molar-refractivity contribution in [2.24, 2.45) is 5.73 Å². The number of nitrogens with zero attached hydrogens (tertiary/aromatic N) is 2. The fourth-order valence-electron chi connectivity index (χ4n) is 1.59. The largest absolute Gasteiger partial charge is 0.397 e. The van der Waals surface area contributed by atoms with Gasteiger partial charge in [-0.3, -0.25) is 4.98 Å². The first-order valence-corrected chi connectivity index (χ1v) is 6.08. The molecule has 2 aromatic rings. The van der Waals surface area contributed by atoms with E-state index in [1.807, 2.05) is 30.3 Å². The van der Waals surface area contributed by atoms with E-state index in [4.69, 9.17) is 5.73 Å². The van der Waals surface area contributed by atoms with Crippen molar-refractivity contribution in [3.05, 3.63) is 64.4 Å². The van der Waals surface area contributed by atoms with Gasteiger partial charge in [-0.2, -0.15) is 5.26 Å². The molecule has 0 saturated carbocycles. The zero-order chi connectivity index (χ0) is 13.0. The molecule has 88 valence electrons. The van der Waals surface area contributed by atoms with Gasteiger partial charge in [0, 0.05) is 22.4 Å². The highest BCUT2D eigenvalue weighted by atomic mass is 79.9. The van der Waals surface area contributed by atoms with Gasteiger partial charge in [-0.1, -0.05) is 34.1 Å². The molecule has 0 bridgehead atoms. The van der Waals surface area contributed by atoms with Crippen LogP contribution in [0.2, 0.25) is 0 Å². The average Bonchev–Trinajstić information content (AvgIpc) is 2.41. The van der Waals surface area contributed by atoms with Crippen LogP contribution in [0.15, 0.2) is 53.3 Å². The SMILES string of the molecule is N#C/C(=C(/N)c1cccc(Br)c1)c1cccnc1. The van der Waals surface area contributed by atoms with Crippen molar-refractivity contribution in [3.8, 4) is 6.07 Å². The Morgan fingerprint density at radius 1 is 1.22 bits per heavy atom. The quantitative estimate of drug-likeness (QED) is 0.866. The average molecular weight is 300 g/mol. The summed E-state index contributed by atoms with van der Waals surface area (Å²) in [6.45, 7) is 0. The van der Waals surface area contributed by atoms with E-state index in [-0.39, 0.29) is 0 Å². The van der Waals surface area contributed by atoms with Gasteiger partial charge in [0.15, 0.2) is 0 Å². The minimum Gasteiger partial charge on any atom is -0.397 e. The second-order valence-corrected chi connectivity index (χ2v) is 4.57. The van der Waals surface area contributed by atoms with Gasteiger partial charge in [0.2, 0.25) is 0 Å². The molecule has 2 N–H and O–H groups in total. The Morgan fingerprint density at radius 3 is 2.61 bits per heavy atom. The van der Waals surface area contributed by atoms with Crippen LogP contribution in [0.1, 0.15) is 11.1 Å². The minimum atomic E-state index is 0.432. The molecule has 0 atom stereocenters. The fraction of sp³-hybridized carbons (Fsp3) is 0. The maximum atomic E-state index is 9.25. The van der Waals surface area contributed by atoms with Crippen molar-refractivity contribution in [2.75, 3.05) is 0 Å². The van der Waals surface area contributed by atoms with Crippen molar-refractivity contribution < 1.29 is 0 Å². The first kappa shape index (κ1) is 12.3. The van der Waals surface area contributed by atoms with E-state index in [0.29, 0.717) is 11.3 Å². The highest BCUT2D eigenvalue weighted by Gasteiger charge is 2.08. The monoisotopic (exact) mass is 299 g/mol. The van der Waals surface area contributed by atoms with Crippen molar-refractivity contribution in [1.82, 2.24) is 4.98 Å². The van der Waals surface area contributed by atoms with Crippen molar-refractivity contribution in [1.29, 1.82) is 5.26 Å². The maximum absolute atomic E-state index is 9.25. The van der Waals surface area contributed by atoms with Crippen LogP contribution in [-0.2, 0) is 0 Å². The number of aromatic nitrogens is 1. The third-order valence-electron chi connectivity index (χ3n) is 2.47. The summed E-state index contributed by atoms with van der Waals surface area (Å²) in [6, 6.07) is 13.3. The summed E-state index contributed by atoms with van der Waals surface area (Å²) in [5.74, 6) is 0. The lowest BCUT2D eigenvalue weighted by Gasteiger charge is -2.06. The Kier molecular flexibility index (Phi) is 3.75. The van der Waals surface area contributed by atoms with E-state index in [1.165, 1.54) is 0 Å². The molecule has 3 nitrogen and oxygen atoms in total. The van der Waals surface area contributed by atoms with E-state index in [2.05, 4.69) is 27.0 Å². The van der Waals surface area contributed by atoms with Gasteiger partial charge in [0.1, 0.15) is 6.07 Å². The summed E-state index contributed by atoms with van der Waals surface area (Å²) in [5.41, 5.74) is 8.47. The molecule has 0 fully saturated rings. The van der Waals surface area contributed by atoms with Crippen LogP contribution in [-0.4, -0.2) is 4.98 Å². The molecule has 0 amide bonds. The molecule has 18 heavy (non-hydrogen) atoms. The summed E-state index contributed by atoms with van der Waals surface area (Å²) in [7, 11) is 0. The van der Waals surface area contributed by atoms with Crippen molar-refractivity contribution in [3.63, 3.8) is 0 Å². The summed E-state index contributed by atoms with van der Waals surface area (Å²) in [6.07, 6.45) is 3.29. The summed E-state index contributed by atoms with van der Waals surface area (Å²) in [4.78, 5) is 4.00. The third-order valence-corrected chi connectivity index (χ3v) is 2.96. The predicted molar refractivity (Wildman–Crippen MR) is 75.0 cm³/mol. The van der Waals surface area contributed by atoms with Crippen LogP contribution in [0.4, 0.5) is 0 Å². The zero-order valence-corrected chi connectivity index (χ0v) is 11.1. The molecule has 1 aromatic carbocycles. The Morgan fingerprint density at radius 2 is 2.00 bits per heavy atom. The molecule has 0 aliphatic rings. The fourth-order valence-corrected chi connectivity index (χ4v) is 1.99. The van der Waals surface area contributed by atoms with Crippen molar-refractivity contribution in [2.45, 2.75) is 0 Å². The van der Waals surface area contributed by atoms with Gasteiger partial charge in [0.25, 0.3) is 0 Å². The minimum absolute atomic E-state index is 0.432. The molecule has 0 unspecified atom stereocenters. The van der Waals surface area contributed by atoms with Gasteiger partial charge in [-0.15, -0.1) is 0 Å². The van der Waals surface area contributed by atoms with Crippen LogP contribution < -0.4 is 5.73 Å². The molecule has 2 rings (SSSR count). The van der Waals surface area contributed by atoms with Gasteiger partial charge < -0.3 is 5.73 Å². The first-order chi connectivity index (χ1) is 8.72. The Balaban J connectivity index is 2.55. The number of hydrogen-bond donors (Lipinski definition) is 1. The van der Waals surface area contributed by atoms with Crippen LogP contribution in [0, 0.1) is 11.3 Å². The third kappa shape index (κ3) is 2.58. The molecule has 4 heteroatoms. The Labute approximate surface area is 114 Å². The smallest absolute Gasteiger partial charge is 0.102 e. The van der Waals surface area contributed by atoms with Crippen LogP contribution in [0.5, 0.6) is 0 Å². The van der Waals surface area contributed by atoms with E-state index < -0.39 is 0 Å². The Hall–Kier alpha value is -2.12. The van der Waals surface area contributed by atoms with Gasteiger partial charge in [0.05, 0.1) is 11.3 Å². The van der Waals surface area contributed by atoms with Crippen LogP contribution in [0.25, 0.3) is 11.3 Å². The second-order valence-electron chi connectivity index (χ2n) is 3.65. The van der Waals surface area contributed by atoms with Crippen LogP contribution in [0.3, 0.4) is 0 Å². The number of pyridine rings is 1. The van der Waals surface area contributed by atoms with E-state index in [1.54, 1.807) is 18.5 Å². The standard InChI is InChI=1S/C14H10BrN3/c15-12-5-1-3-10(7-12)14(17)13(8-16)11-4-2-6-18-9-11/h1-7,9H,17H2/b14-13-. The number of rotatable bonds is 2. The van der Waals surface area contributed by atoms with Crippen LogP contribution >= 0.6 is 15.9 Å². The van der Waals surface area contributed by atoms with Gasteiger partial charge in [-0.25, -0.2) is 0 Å². The predicted octanol–water partition coefficient (Wildman–Crippen LogP) is 3.19. The lowest BCUT2D eigenvalue weighted by atomic mass is 10.0. The van der Waals surface area contributed by atoms with Gasteiger partial charge >= 0.3 is 0 Å². The normalized spacial score (nSPS) is 11.6. The van der Waals surface area contributed by atoms with E-state index in [0.717, 1.165) is 15.6 Å². The second kappa shape index (κ2) is 5.48. The van der Waals surface area contributed by atoms with E-state index >= 15 is 0 Å².